The number of fused-ring (bicyclic) bond motifs is 1. The Morgan fingerprint density at radius 2 is 1.75 bits per heavy atom. The average Bonchev–Trinajstić information content (AvgIpc) is 2.68. The molecule has 154 valence electrons. The van der Waals surface area contributed by atoms with Gasteiger partial charge in [0.25, 0.3) is 5.56 Å². The zero-order valence-corrected chi connectivity index (χ0v) is 17.9. The van der Waals surface area contributed by atoms with E-state index in [1.165, 1.54) is 0 Å². The molecular weight excluding hydrogens is 352 g/mol. The van der Waals surface area contributed by atoms with Crippen molar-refractivity contribution in [3.63, 3.8) is 0 Å². The van der Waals surface area contributed by atoms with Crippen LogP contribution >= 0.6 is 0 Å². The molecule has 0 aliphatic carbocycles. The van der Waals surface area contributed by atoms with Crippen LogP contribution in [0.3, 0.4) is 0 Å². The Labute approximate surface area is 168 Å². The molecule has 0 saturated carbocycles. The third-order valence-corrected chi connectivity index (χ3v) is 5.01. The maximum atomic E-state index is 12.7. The number of urea groups is 1. The first kappa shape index (κ1) is 22.0. The highest BCUT2D eigenvalue weighted by Gasteiger charge is 2.14. The SMILES string of the molecule is CCN(CC)CCCN(C)C(=O)Nc1cn(CC(C)C)c(=O)c2ccccc12. The van der Waals surface area contributed by atoms with Crippen LogP contribution in [0.2, 0.25) is 0 Å². The lowest BCUT2D eigenvalue weighted by Crippen LogP contribution is -2.35. The van der Waals surface area contributed by atoms with Crippen LogP contribution in [0.4, 0.5) is 10.5 Å². The number of benzene rings is 1. The summed E-state index contributed by atoms with van der Waals surface area (Å²) < 4.78 is 1.70. The van der Waals surface area contributed by atoms with E-state index in [-0.39, 0.29) is 11.6 Å². The van der Waals surface area contributed by atoms with Gasteiger partial charge >= 0.3 is 6.03 Å². The molecule has 0 spiro atoms. The number of nitrogens with one attached hydrogen (secondary N) is 1. The second-order valence-electron chi connectivity index (χ2n) is 7.67. The monoisotopic (exact) mass is 386 g/mol. The first-order valence-corrected chi connectivity index (χ1v) is 10.2. The fraction of sp³-hybridized carbons (Fsp3) is 0.545. The van der Waals surface area contributed by atoms with E-state index in [1.807, 2.05) is 31.3 Å². The van der Waals surface area contributed by atoms with Gasteiger partial charge in [-0.2, -0.15) is 0 Å². The second-order valence-corrected chi connectivity index (χ2v) is 7.67. The fourth-order valence-electron chi connectivity index (χ4n) is 3.36. The van der Waals surface area contributed by atoms with Crippen LogP contribution in [0.1, 0.15) is 34.1 Å². The molecule has 0 radical (unpaired) electrons. The van der Waals surface area contributed by atoms with Crippen LogP contribution in [-0.2, 0) is 6.54 Å². The van der Waals surface area contributed by atoms with E-state index in [4.69, 9.17) is 0 Å². The van der Waals surface area contributed by atoms with Crippen molar-refractivity contribution < 1.29 is 4.79 Å². The summed E-state index contributed by atoms with van der Waals surface area (Å²) >= 11 is 0. The highest BCUT2D eigenvalue weighted by atomic mass is 16.2. The normalized spacial score (nSPS) is 11.4. The van der Waals surface area contributed by atoms with E-state index < -0.39 is 0 Å². The standard InChI is InChI=1S/C22H34N4O2/c1-6-25(7-2)14-10-13-24(5)22(28)23-20-16-26(15-17(3)4)21(27)19-12-9-8-11-18(19)20/h8-9,11-12,16-17H,6-7,10,13-15H2,1-5H3,(H,23,28). The summed E-state index contributed by atoms with van der Waals surface area (Å²) in [5.74, 6) is 0.338. The number of carbonyl (C=O) groups is 1. The summed E-state index contributed by atoms with van der Waals surface area (Å²) in [5, 5.41) is 4.41. The molecule has 6 heteroatoms. The third kappa shape index (κ3) is 5.58. The minimum Gasteiger partial charge on any atom is -0.328 e. The number of carbonyl (C=O) groups excluding carboxylic acids is 1. The molecule has 2 aromatic rings. The Morgan fingerprint density at radius 1 is 1.11 bits per heavy atom. The zero-order valence-electron chi connectivity index (χ0n) is 17.9. The summed E-state index contributed by atoms with van der Waals surface area (Å²) in [7, 11) is 1.81. The average molecular weight is 387 g/mol. The highest BCUT2D eigenvalue weighted by molar-refractivity contribution is 6.00. The van der Waals surface area contributed by atoms with E-state index in [1.54, 1.807) is 15.7 Å². The van der Waals surface area contributed by atoms with E-state index >= 15 is 0 Å². The predicted molar refractivity (Wildman–Crippen MR) is 117 cm³/mol. The second kappa shape index (κ2) is 10.3. The summed E-state index contributed by atoms with van der Waals surface area (Å²) in [6.45, 7) is 12.8. The quantitative estimate of drug-likeness (QED) is 0.712. The van der Waals surface area contributed by atoms with Gasteiger partial charge in [0.15, 0.2) is 0 Å². The molecule has 6 nitrogen and oxygen atoms in total. The molecule has 0 atom stereocenters. The maximum Gasteiger partial charge on any atom is 0.321 e. The summed E-state index contributed by atoms with van der Waals surface area (Å²) in [6.07, 6.45) is 2.70. The molecule has 0 aliphatic rings. The molecule has 2 amide bonds. The van der Waals surface area contributed by atoms with Gasteiger partial charge < -0.3 is 19.7 Å². The van der Waals surface area contributed by atoms with Crippen molar-refractivity contribution in [3.05, 3.63) is 40.8 Å². The number of rotatable bonds is 9. The number of amides is 2. The van der Waals surface area contributed by atoms with Crippen molar-refractivity contribution in [3.8, 4) is 0 Å². The molecule has 1 aromatic heterocycles. The van der Waals surface area contributed by atoms with Gasteiger partial charge in [0.05, 0.1) is 5.69 Å². The van der Waals surface area contributed by atoms with Crippen molar-refractivity contribution in [2.24, 2.45) is 5.92 Å². The molecule has 2 rings (SSSR count). The first-order chi connectivity index (χ1) is 13.4. The Kier molecular flexibility index (Phi) is 8.05. The first-order valence-electron chi connectivity index (χ1n) is 10.2. The van der Waals surface area contributed by atoms with Crippen molar-refractivity contribution >= 4 is 22.5 Å². The fourth-order valence-corrected chi connectivity index (χ4v) is 3.36. The van der Waals surface area contributed by atoms with E-state index in [9.17, 15) is 9.59 Å². The van der Waals surface area contributed by atoms with Crippen LogP contribution in [0.25, 0.3) is 10.8 Å². The molecule has 28 heavy (non-hydrogen) atoms. The van der Waals surface area contributed by atoms with Crippen molar-refractivity contribution in [2.75, 3.05) is 38.5 Å². The van der Waals surface area contributed by atoms with Crippen LogP contribution in [-0.4, -0.2) is 53.6 Å². The predicted octanol–water partition coefficient (Wildman–Crippen LogP) is 3.85. The van der Waals surface area contributed by atoms with Crippen molar-refractivity contribution in [1.82, 2.24) is 14.4 Å². The lowest BCUT2D eigenvalue weighted by molar-refractivity contribution is 0.217. The van der Waals surface area contributed by atoms with Gasteiger partial charge in [-0.1, -0.05) is 45.9 Å². The van der Waals surface area contributed by atoms with Gasteiger partial charge in [-0.05, 0) is 38.0 Å². The van der Waals surface area contributed by atoms with Crippen molar-refractivity contribution in [1.29, 1.82) is 0 Å². The third-order valence-electron chi connectivity index (χ3n) is 5.01. The molecule has 0 saturated heterocycles. The zero-order chi connectivity index (χ0) is 20.7. The van der Waals surface area contributed by atoms with Crippen LogP contribution in [0.15, 0.2) is 35.3 Å². The van der Waals surface area contributed by atoms with Gasteiger partial charge in [0.1, 0.15) is 0 Å². The molecular formula is C22H34N4O2. The highest BCUT2D eigenvalue weighted by Crippen LogP contribution is 2.21. The number of pyridine rings is 1. The molecule has 1 heterocycles. The summed E-state index contributed by atoms with van der Waals surface area (Å²) in [6, 6.07) is 7.29. The van der Waals surface area contributed by atoms with Gasteiger partial charge in [-0.3, -0.25) is 4.79 Å². The number of anilines is 1. The van der Waals surface area contributed by atoms with Gasteiger partial charge in [0.2, 0.25) is 0 Å². The maximum absolute atomic E-state index is 12.7. The van der Waals surface area contributed by atoms with E-state index in [0.29, 0.717) is 30.1 Å². The van der Waals surface area contributed by atoms with Crippen LogP contribution in [0, 0.1) is 5.92 Å². The Morgan fingerprint density at radius 3 is 2.36 bits per heavy atom. The number of hydrogen-bond donors (Lipinski definition) is 1. The molecule has 0 bridgehead atoms. The van der Waals surface area contributed by atoms with E-state index in [2.05, 4.69) is 37.9 Å². The molecule has 0 aliphatic heterocycles. The van der Waals surface area contributed by atoms with Gasteiger partial charge in [-0.25, -0.2) is 4.79 Å². The lowest BCUT2D eigenvalue weighted by Gasteiger charge is -2.22. The summed E-state index contributed by atoms with van der Waals surface area (Å²) in [4.78, 5) is 29.5. The van der Waals surface area contributed by atoms with Gasteiger partial charge in [-0.15, -0.1) is 0 Å². The van der Waals surface area contributed by atoms with E-state index in [0.717, 1.165) is 31.4 Å². The largest absolute Gasteiger partial charge is 0.328 e. The number of aromatic nitrogens is 1. The Bertz CT molecular complexity index is 840. The topological polar surface area (TPSA) is 57.6 Å². The Balaban J connectivity index is 2.17. The van der Waals surface area contributed by atoms with Crippen molar-refractivity contribution in [2.45, 2.75) is 40.7 Å². The van der Waals surface area contributed by atoms with Crippen LogP contribution < -0.4 is 10.9 Å². The summed E-state index contributed by atoms with van der Waals surface area (Å²) in [5.41, 5.74) is 0.659. The minimum absolute atomic E-state index is 0.0186. The molecule has 1 N–H and O–H groups in total. The molecule has 0 unspecified atom stereocenters. The number of hydrogen-bond acceptors (Lipinski definition) is 3. The molecule has 0 fully saturated rings. The van der Waals surface area contributed by atoms with Gasteiger partial charge in [0, 0.05) is 37.1 Å². The minimum atomic E-state index is -0.153. The lowest BCUT2D eigenvalue weighted by atomic mass is 10.1. The number of nitrogens with zero attached hydrogens (tertiary/aromatic N) is 3. The molecule has 1 aromatic carbocycles. The smallest absolute Gasteiger partial charge is 0.321 e. The Hall–Kier alpha value is -2.34. The van der Waals surface area contributed by atoms with Crippen LogP contribution in [0.5, 0.6) is 0 Å².